The van der Waals surface area contributed by atoms with E-state index in [9.17, 15) is 4.79 Å². The van der Waals surface area contributed by atoms with Crippen molar-refractivity contribution in [1.29, 1.82) is 0 Å². The fraction of sp³-hybridized carbons (Fsp3) is 0.500. The number of nitrogens with two attached hydrogens (primary N) is 1. The van der Waals surface area contributed by atoms with Gasteiger partial charge in [0, 0.05) is 12.0 Å². The first-order valence-corrected chi connectivity index (χ1v) is 4.77. The summed E-state index contributed by atoms with van der Waals surface area (Å²) in [4.78, 5) is 10.9. The predicted octanol–water partition coefficient (Wildman–Crippen LogP) is 1.04. The maximum atomic E-state index is 10.9. The molecule has 1 aromatic rings. The number of rotatable bonds is 3. The molecule has 0 fully saturated rings. The van der Waals surface area contributed by atoms with E-state index >= 15 is 0 Å². The molecule has 1 rings (SSSR count). The van der Waals surface area contributed by atoms with Crippen molar-refractivity contribution in [2.75, 3.05) is 6.54 Å². The van der Waals surface area contributed by atoms with Gasteiger partial charge in [-0.2, -0.15) is 0 Å². The van der Waals surface area contributed by atoms with E-state index in [2.05, 4.69) is 5.32 Å². The Morgan fingerprint density at radius 2 is 2.20 bits per heavy atom. The van der Waals surface area contributed by atoms with E-state index in [0.29, 0.717) is 6.54 Å². The number of amides is 2. The van der Waals surface area contributed by atoms with Crippen molar-refractivity contribution in [2.45, 2.75) is 26.2 Å². The highest BCUT2D eigenvalue weighted by molar-refractivity contribution is 5.73. The summed E-state index contributed by atoms with van der Waals surface area (Å²) in [5.74, 6) is 6.67. The molecule has 0 aliphatic heterocycles. The molecule has 0 unspecified atom stereocenters. The van der Waals surface area contributed by atoms with Crippen molar-refractivity contribution in [3.05, 3.63) is 23.7 Å². The minimum atomic E-state index is -0.397. The highest BCUT2D eigenvalue weighted by Gasteiger charge is 2.24. The summed E-state index contributed by atoms with van der Waals surface area (Å²) < 4.78 is 5.51. The fourth-order valence-electron chi connectivity index (χ4n) is 1.24. The summed E-state index contributed by atoms with van der Waals surface area (Å²) in [6, 6.07) is 3.42. The number of aryl methyl sites for hydroxylation is 1. The average Bonchev–Trinajstić information content (AvgIpc) is 2.62. The number of hydrogen-bond donors (Lipinski definition) is 3. The number of nitrogens with one attached hydrogen (secondary N) is 2. The van der Waals surface area contributed by atoms with Crippen LogP contribution in [0, 0.1) is 6.92 Å². The van der Waals surface area contributed by atoms with Crippen molar-refractivity contribution < 1.29 is 9.21 Å². The van der Waals surface area contributed by atoms with Gasteiger partial charge >= 0.3 is 6.03 Å². The Hall–Kier alpha value is -1.49. The molecular formula is C10H17N3O2. The van der Waals surface area contributed by atoms with E-state index < -0.39 is 6.03 Å². The van der Waals surface area contributed by atoms with Gasteiger partial charge in [0.05, 0.1) is 0 Å². The van der Waals surface area contributed by atoms with Gasteiger partial charge in [0.15, 0.2) is 0 Å². The van der Waals surface area contributed by atoms with E-state index in [1.54, 1.807) is 0 Å². The highest BCUT2D eigenvalue weighted by Crippen LogP contribution is 2.24. The summed E-state index contributed by atoms with van der Waals surface area (Å²) in [6.45, 7) is 6.33. The van der Waals surface area contributed by atoms with Crippen LogP contribution < -0.4 is 16.6 Å². The number of carbonyl (C=O) groups is 1. The molecule has 1 aromatic heterocycles. The molecule has 5 heteroatoms. The molecule has 2 amide bonds. The molecule has 0 bridgehead atoms. The lowest BCUT2D eigenvalue weighted by Gasteiger charge is -2.22. The van der Waals surface area contributed by atoms with Crippen LogP contribution in [0.2, 0.25) is 0 Å². The van der Waals surface area contributed by atoms with Gasteiger partial charge in [0.1, 0.15) is 11.5 Å². The van der Waals surface area contributed by atoms with Crippen LogP contribution in [0.15, 0.2) is 16.5 Å². The molecule has 0 aliphatic carbocycles. The Morgan fingerprint density at radius 1 is 1.53 bits per heavy atom. The molecule has 4 N–H and O–H groups in total. The Morgan fingerprint density at radius 3 is 2.67 bits per heavy atom. The maximum Gasteiger partial charge on any atom is 0.328 e. The van der Waals surface area contributed by atoms with Crippen LogP contribution in [-0.2, 0) is 5.41 Å². The molecule has 0 aromatic carbocycles. The summed E-state index contributed by atoms with van der Waals surface area (Å²) in [7, 11) is 0. The van der Waals surface area contributed by atoms with Gasteiger partial charge in [-0.25, -0.2) is 10.6 Å². The Labute approximate surface area is 89.0 Å². The molecule has 0 saturated carbocycles. The molecule has 15 heavy (non-hydrogen) atoms. The molecule has 0 aliphatic rings. The van der Waals surface area contributed by atoms with E-state index in [1.807, 2.05) is 38.3 Å². The van der Waals surface area contributed by atoms with E-state index in [1.165, 1.54) is 0 Å². The van der Waals surface area contributed by atoms with Crippen LogP contribution in [0.5, 0.6) is 0 Å². The molecule has 0 atom stereocenters. The third-order valence-electron chi connectivity index (χ3n) is 2.23. The zero-order chi connectivity index (χ0) is 11.5. The normalized spacial score (nSPS) is 11.2. The van der Waals surface area contributed by atoms with Gasteiger partial charge in [-0.15, -0.1) is 0 Å². The maximum absolute atomic E-state index is 10.9. The lowest BCUT2D eigenvalue weighted by atomic mass is 9.90. The van der Waals surface area contributed by atoms with Crippen molar-refractivity contribution >= 4 is 6.03 Å². The van der Waals surface area contributed by atoms with E-state index in [-0.39, 0.29) is 5.41 Å². The zero-order valence-electron chi connectivity index (χ0n) is 9.26. The summed E-state index contributed by atoms with van der Waals surface area (Å²) in [5.41, 5.74) is 1.76. The van der Waals surface area contributed by atoms with Crippen LogP contribution in [-0.4, -0.2) is 12.6 Å². The first kappa shape index (κ1) is 11.6. The third-order valence-corrected chi connectivity index (χ3v) is 2.23. The summed E-state index contributed by atoms with van der Waals surface area (Å²) in [5, 5.41) is 2.65. The molecule has 1 heterocycles. The third kappa shape index (κ3) is 2.99. The van der Waals surface area contributed by atoms with Gasteiger partial charge in [0.2, 0.25) is 0 Å². The highest BCUT2D eigenvalue weighted by atomic mass is 16.3. The van der Waals surface area contributed by atoms with Gasteiger partial charge in [-0.05, 0) is 19.1 Å². The predicted molar refractivity (Wildman–Crippen MR) is 57.2 cm³/mol. The van der Waals surface area contributed by atoms with Crippen LogP contribution in [0.3, 0.4) is 0 Å². The standard InChI is InChI=1S/C10H17N3O2/c1-7-4-5-8(15-7)10(2,3)6-12-9(14)13-11/h4-5H,6,11H2,1-3H3,(H2,12,13,14). The van der Waals surface area contributed by atoms with Crippen LogP contribution in [0.1, 0.15) is 25.4 Å². The monoisotopic (exact) mass is 211 g/mol. The number of carbonyl (C=O) groups excluding carboxylic acids is 1. The van der Waals surface area contributed by atoms with E-state index in [4.69, 9.17) is 10.3 Å². The van der Waals surface area contributed by atoms with E-state index in [0.717, 1.165) is 11.5 Å². The number of furan rings is 1. The lowest BCUT2D eigenvalue weighted by Crippen LogP contribution is -2.44. The van der Waals surface area contributed by atoms with Crippen molar-refractivity contribution in [2.24, 2.45) is 5.84 Å². The quantitative estimate of drug-likeness (QED) is 0.397. The second-order valence-corrected chi connectivity index (χ2v) is 4.12. The first-order valence-electron chi connectivity index (χ1n) is 4.77. The second-order valence-electron chi connectivity index (χ2n) is 4.12. The molecule has 0 spiro atoms. The Balaban J connectivity index is 2.63. The van der Waals surface area contributed by atoms with Crippen LogP contribution in [0.4, 0.5) is 4.79 Å². The molecule has 0 radical (unpaired) electrons. The van der Waals surface area contributed by atoms with Gasteiger partial charge < -0.3 is 9.73 Å². The first-order chi connectivity index (χ1) is 6.95. The van der Waals surface area contributed by atoms with Crippen LogP contribution >= 0.6 is 0 Å². The molecule has 84 valence electrons. The minimum absolute atomic E-state index is 0.249. The van der Waals surface area contributed by atoms with Gasteiger partial charge in [-0.3, -0.25) is 5.43 Å². The lowest BCUT2D eigenvalue weighted by molar-refractivity contribution is 0.237. The molecule has 5 nitrogen and oxygen atoms in total. The average molecular weight is 211 g/mol. The molecule has 0 saturated heterocycles. The van der Waals surface area contributed by atoms with Crippen molar-refractivity contribution in [3.8, 4) is 0 Å². The SMILES string of the molecule is Cc1ccc(C(C)(C)CNC(=O)NN)o1. The smallest absolute Gasteiger partial charge is 0.328 e. The van der Waals surface area contributed by atoms with Gasteiger partial charge in [-0.1, -0.05) is 13.8 Å². The Kier molecular flexibility index (Phi) is 3.36. The van der Waals surface area contributed by atoms with Crippen molar-refractivity contribution in [1.82, 2.24) is 10.7 Å². The number of urea groups is 1. The Bertz CT molecular complexity index is 344. The largest absolute Gasteiger partial charge is 0.466 e. The molecular weight excluding hydrogens is 194 g/mol. The topological polar surface area (TPSA) is 80.3 Å². The minimum Gasteiger partial charge on any atom is -0.466 e. The van der Waals surface area contributed by atoms with Crippen molar-refractivity contribution in [3.63, 3.8) is 0 Å². The number of hydrogen-bond acceptors (Lipinski definition) is 3. The van der Waals surface area contributed by atoms with Gasteiger partial charge in [0.25, 0.3) is 0 Å². The zero-order valence-corrected chi connectivity index (χ0v) is 9.26. The summed E-state index contributed by atoms with van der Waals surface area (Å²) >= 11 is 0. The fourth-order valence-corrected chi connectivity index (χ4v) is 1.24. The summed E-state index contributed by atoms with van der Waals surface area (Å²) in [6.07, 6.45) is 0. The number of hydrazine groups is 1. The van der Waals surface area contributed by atoms with Crippen LogP contribution in [0.25, 0.3) is 0 Å². The second kappa shape index (κ2) is 4.35.